The molecule has 0 fully saturated rings. The quantitative estimate of drug-likeness (QED) is 0.752. The molecule has 0 saturated carbocycles. The zero-order valence-electron chi connectivity index (χ0n) is 11.8. The third kappa shape index (κ3) is 3.55. The summed E-state index contributed by atoms with van der Waals surface area (Å²) in [7, 11) is 0. The van der Waals surface area contributed by atoms with Gasteiger partial charge in [-0.25, -0.2) is 4.98 Å². The van der Waals surface area contributed by atoms with Crippen LogP contribution in [0.1, 0.15) is 32.3 Å². The van der Waals surface area contributed by atoms with Crippen LogP contribution in [0, 0.1) is 0 Å². The third-order valence-electron chi connectivity index (χ3n) is 3.22. The van der Waals surface area contributed by atoms with Crippen molar-refractivity contribution in [1.82, 2.24) is 14.9 Å². The molecule has 0 bridgehead atoms. The number of nitrogens with one attached hydrogen (secondary N) is 1. The van der Waals surface area contributed by atoms with Crippen LogP contribution in [0.25, 0.3) is 11.0 Å². The number of aryl methyl sites for hydroxylation is 1. The molecule has 2 heterocycles. The lowest BCUT2D eigenvalue weighted by Crippen LogP contribution is -2.21. The van der Waals surface area contributed by atoms with Crippen molar-refractivity contribution in [3.05, 3.63) is 30.1 Å². The normalized spacial score (nSPS) is 11.6. The average molecular weight is 261 g/mol. The fourth-order valence-electron chi connectivity index (χ4n) is 2.21. The van der Waals surface area contributed by atoms with Gasteiger partial charge in [0, 0.05) is 43.5 Å². The summed E-state index contributed by atoms with van der Waals surface area (Å²) >= 11 is 0. The summed E-state index contributed by atoms with van der Waals surface area (Å²) in [4.78, 5) is 4.48. The van der Waals surface area contributed by atoms with Crippen molar-refractivity contribution >= 4 is 11.0 Å². The van der Waals surface area contributed by atoms with Gasteiger partial charge in [-0.15, -0.1) is 0 Å². The zero-order valence-corrected chi connectivity index (χ0v) is 11.8. The lowest BCUT2D eigenvalue weighted by molar-refractivity contribution is 0.281. The maximum absolute atomic E-state index is 8.87. The van der Waals surface area contributed by atoms with E-state index >= 15 is 0 Å². The van der Waals surface area contributed by atoms with Crippen molar-refractivity contribution < 1.29 is 5.11 Å². The van der Waals surface area contributed by atoms with E-state index in [1.54, 1.807) is 0 Å². The number of fused-ring (bicyclic) bond motifs is 1. The van der Waals surface area contributed by atoms with Crippen LogP contribution < -0.4 is 5.32 Å². The van der Waals surface area contributed by atoms with Crippen molar-refractivity contribution in [3.63, 3.8) is 0 Å². The van der Waals surface area contributed by atoms with Gasteiger partial charge in [0.25, 0.3) is 0 Å². The summed E-state index contributed by atoms with van der Waals surface area (Å²) < 4.78 is 2.20. The van der Waals surface area contributed by atoms with Crippen molar-refractivity contribution in [2.24, 2.45) is 0 Å². The highest BCUT2D eigenvalue weighted by Crippen LogP contribution is 2.20. The van der Waals surface area contributed by atoms with Crippen LogP contribution in [0.3, 0.4) is 0 Å². The van der Waals surface area contributed by atoms with E-state index in [2.05, 4.69) is 41.0 Å². The van der Waals surface area contributed by atoms with Crippen molar-refractivity contribution in [2.75, 3.05) is 6.61 Å². The molecular weight excluding hydrogens is 238 g/mol. The smallest absolute Gasteiger partial charge is 0.140 e. The molecule has 0 saturated heterocycles. The van der Waals surface area contributed by atoms with Crippen LogP contribution in [-0.2, 0) is 13.1 Å². The molecule has 0 aliphatic heterocycles. The molecule has 2 rings (SSSR count). The number of nitrogens with zero attached hydrogens (tertiary/aromatic N) is 2. The lowest BCUT2D eigenvalue weighted by atomic mass is 10.2. The third-order valence-corrected chi connectivity index (χ3v) is 3.22. The first-order valence-electron chi connectivity index (χ1n) is 6.99. The molecule has 0 unspecified atom stereocenters. The Bertz CT molecular complexity index is 519. The Kier molecular flexibility index (Phi) is 4.93. The molecule has 2 aromatic rings. The largest absolute Gasteiger partial charge is 0.396 e. The molecule has 0 aliphatic rings. The minimum Gasteiger partial charge on any atom is -0.396 e. The highest BCUT2D eigenvalue weighted by atomic mass is 16.2. The van der Waals surface area contributed by atoms with Gasteiger partial charge >= 0.3 is 0 Å². The van der Waals surface area contributed by atoms with E-state index in [-0.39, 0.29) is 6.61 Å². The standard InChI is InChI=1S/C15H23N3O/c1-12(2)17-10-13-11-18(8-3-4-9-19)15-14(13)6-5-7-16-15/h5-7,11-12,17,19H,3-4,8-10H2,1-2H3. The Hall–Kier alpha value is -1.39. The summed E-state index contributed by atoms with van der Waals surface area (Å²) in [6.45, 7) is 6.34. The topological polar surface area (TPSA) is 50.1 Å². The Morgan fingerprint density at radius 3 is 2.95 bits per heavy atom. The summed E-state index contributed by atoms with van der Waals surface area (Å²) in [6.07, 6.45) is 5.84. The number of aliphatic hydroxyl groups excluding tert-OH is 1. The SMILES string of the molecule is CC(C)NCc1cn(CCCCO)c2ncccc12. The molecule has 19 heavy (non-hydrogen) atoms. The number of pyridine rings is 1. The monoisotopic (exact) mass is 261 g/mol. The molecule has 2 aromatic heterocycles. The van der Waals surface area contributed by atoms with Crippen LogP contribution in [0.5, 0.6) is 0 Å². The predicted octanol–water partition coefficient (Wildman–Crippen LogP) is 2.31. The van der Waals surface area contributed by atoms with Crippen LogP contribution >= 0.6 is 0 Å². The first-order chi connectivity index (χ1) is 9.22. The molecule has 0 radical (unpaired) electrons. The van der Waals surface area contributed by atoms with Gasteiger partial charge in [0.15, 0.2) is 0 Å². The lowest BCUT2D eigenvalue weighted by Gasteiger charge is -2.06. The van der Waals surface area contributed by atoms with Gasteiger partial charge in [-0.2, -0.15) is 0 Å². The summed E-state index contributed by atoms with van der Waals surface area (Å²) in [5.74, 6) is 0. The van der Waals surface area contributed by atoms with Crippen LogP contribution in [0.15, 0.2) is 24.5 Å². The van der Waals surface area contributed by atoms with E-state index in [9.17, 15) is 0 Å². The van der Waals surface area contributed by atoms with Gasteiger partial charge in [-0.05, 0) is 30.5 Å². The number of rotatable bonds is 7. The van der Waals surface area contributed by atoms with Gasteiger partial charge < -0.3 is 15.0 Å². The first kappa shape index (κ1) is 14.0. The molecule has 0 aliphatic carbocycles. The Labute approximate surface area is 114 Å². The second-order valence-electron chi connectivity index (χ2n) is 5.19. The van der Waals surface area contributed by atoms with E-state index in [1.807, 2.05) is 12.3 Å². The van der Waals surface area contributed by atoms with Gasteiger partial charge in [0.05, 0.1) is 0 Å². The zero-order chi connectivity index (χ0) is 13.7. The molecule has 0 spiro atoms. The van der Waals surface area contributed by atoms with Gasteiger partial charge in [0.2, 0.25) is 0 Å². The molecule has 4 nitrogen and oxygen atoms in total. The molecule has 4 heteroatoms. The fraction of sp³-hybridized carbons (Fsp3) is 0.533. The maximum Gasteiger partial charge on any atom is 0.140 e. The highest BCUT2D eigenvalue weighted by molar-refractivity contribution is 5.80. The number of aliphatic hydroxyl groups is 1. The minimum atomic E-state index is 0.258. The van der Waals surface area contributed by atoms with Crippen LogP contribution in [0.2, 0.25) is 0 Å². The number of hydrogen-bond acceptors (Lipinski definition) is 3. The second kappa shape index (κ2) is 6.68. The van der Waals surface area contributed by atoms with Crippen LogP contribution in [-0.4, -0.2) is 27.3 Å². The molecule has 2 N–H and O–H groups in total. The second-order valence-corrected chi connectivity index (χ2v) is 5.19. The van der Waals surface area contributed by atoms with Crippen molar-refractivity contribution in [2.45, 2.75) is 45.8 Å². The van der Waals surface area contributed by atoms with Gasteiger partial charge in [-0.3, -0.25) is 0 Å². The van der Waals surface area contributed by atoms with E-state index in [4.69, 9.17) is 5.11 Å². The van der Waals surface area contributed by atoms with E-state index < -0.39 is 0 Å². The molecule has 0 atom stereocenters. The summed E-state index contributed by atoms with van der Waals surface area (Å²) in [5, 5.41) is 13.5. The maximum atomic E-state index is 8.87. The Balaban J connectivity index is 2.21. The van der Waals surface area contributed by atoms with Crippen LogP contribution in [0.4, 0.5) is 0 Å². The van der Waals surface area contributed by atoms with E-state index in [1.165, 1.54) is 10.9 Å². The molecule has 0 amide bonds. The average Bonchev–Trinajstić information content (AvgIpc) is 2.76. The number of aromatic nitrogens is 2. The summed E-state index contributed by atoms with van der Waals surface area (Å²) in [5.41, 5.74) is 2.33. The van der Waals surface area contributed by atoms with E-state index in [0.717, 1.165) is 31.6 Å². The van der Waals surface area contributed by atoms with Crippen molar-refractivity contribution in [1.29, 1.82) is 0 Å². The Morgan fingerprint density at radius 2 is 2.21 bits per heavy atom. The fourth-order valence-corrected chi connectivity index (χ4v) is 2.21. The molecule has 0 aromatic carbocycles. The first-order valence-corrected chi connectivity index (χ1v) is 6.99. The summed E-state index contributed by atoms with van der Waals surface area (Å²) in [6, 6.07) is 4.59. The number of hydrogen-bond donors (Lipinski definition) is 2. The molecule has 104 valence electrons. The van der Waals surface area contributed by atoms with Gasteiger partial charge in [0.1, 0.15) is 5.65 Å². The van der Waals surface area contributed by atoms with E-state index in [0.29, 0.717) is 6.04 Å². The van der Waals surface area contributed by atoms with Gasteiger partial charge in [-0.1, -0.05) is 13.8 Å². The predicted molar refractivity (Wildman–Crippen MR) is 78.0 cm³/mol. The van der Waals surface area contributed by atoms with Crippen molar-refractivity contribution in [3.8, 4) is 0 Å². The number of unbranched alkanes of at least 4 members (excludes halogenated alkanes) is 1. The molecular formula is C15H23N3O. The highest BCUT2D eigenvalue weighted by Gasteiger charge is 2.09. The Morgan fingerprint density at radius 1 is 1.37 bits per heavy atom. The minimum absolute atomic E-state index is 0.258.